The average Bonchev–Trinajstić information content (AvgIpc) is 3.27. The van der Waals surface area contributed by atoms with E-state index in [1.807, 2.05) is 55.6 Å². The summed E-state index contributed by atoms with van der Waals surface area (Å²) < 4.78 is 29.9. The Kier molecular flexibility index (Phi) is 6.12. The Hall–Kier alpha value is -3.57. The fourth-order valence-electron chi connectivity index (χ4n) is 4.09. The van der Waals surface area contributed by atoms with Crippen LogP contribution in [0.3, 0.4) is 0 Å². The Bertz CT molecular complexity index is 1670. The molecule has 0 saturated carbocycles. The molecule has 0 spiro atoms. The number of hydrogen-bond acceptors (Lipinski definition) is 7. The average molecular weight is 509 g/mol. The van der Waals surface area contributed by atoms with E-state index in [-0.39, 0.29) is 23.3 Å². The number of rotatable bonds is 7. The van der Waals surface area contributed by atoms with Gasteiger partial charge in [-0.1, -0.05) is 42.5 Å². The SMILES string of the molecule is CNc1ccccc1-c1ccc(S(=O)(=O)NCCO)cc1-c1nc2nnc(Cl)n2c2ccccc12. The minimum absolute atomic E-state index is 0.0527. The summed E-state index contributed by atoms with van der Waals surface area (Å²) in [5.41, 5.74) is 4.40. The number of halogens is 1. The van der Waals surface area contributed by atoms with Crippen LogP contribution < -0.4 is 10.0 Å². The molecule has 178 valence electrons. The van der Waals surface area contributed by atoms with Crippen molar-refractivity contribution in [2.45, 2.75) is 4.90 Å². The molecule has 0 unspecified atom stereocenters. The lowest BCUT2D eigenvalue weighted by molar-refractivity contribution is 0.301. The van der Waals surface area contributed by atoms with Crippen molar-refractivity contribution in [3.05, 3.63) is 72.0 Å². The molecule has 0 aliphatic rings. The van der Waals surface area contributed by atoms with E-state index >= 15 is 0 Å². The fourth-order valence-corrected chi connectivity index (χ4v) is 5.34. The van der Waals surface area contributed by atoms with Gasteiger partial charge in [0, 0.05) is 35.8 Å². The summed E-state index contributed by atoms with van der Waals surface area (Å²) in [6.45, 7) is -0.399. The van der Waals surface area contributed by atoms with Gasteiger partial charge in [0.15, 0.2) is 0 Å². The van der Waals surface area contributed by atoms with Crippen LogP contribution in [0.1, 0.15) is 0 Å². The smallest absolute Gasteiger partial charge is 0.257 e. The molecule has 9 nitrogen and oxygen atoms in total. The maximum atomic E-state index is 12.9. The van der Waals surface area contributed by atoms with Crippen LogP contribution in [-0.4, -0.2) is 53.3 Å². The molecule has 0 fully saturated rings. The van der Waals surface area contributed by atoms with Crippen molar-refractivity contribution in [3.63, 3.8) is 0 Å². The van der Waals surface area contributed by atoms with E-state index in [4.69, 9.17) is 21.7 Å². The molecule has 0 amide bonds. The second-order valence-electron chi connectivity index (χ2n) is 7.71. The number of nitrogens with zero attached hydrogens (tertiary/aromatic N) is 4. The molecule has 0 aliphatic heterocycles. The second-order valence-corrected chi connectivity index (χ2v) is 9.81. The number of sulfonamides is 1. The summed E-state index contributed by atoms with van der Waals surface area (Å²) in [6, 6.07) is 20.2. The van der Waals surface area contributed by atoms with Gasteiger partial charge < -0.3 is 10.4 Å². The molecule has 3 N–H and O–H groups in total. The zero-order valence-electron chi connectivity index (χ0n) is 18.6. The Morgan fingerprint density at radius 3 is 2.54 bits per heavy atom. The van der Waals surface area contributed by atoms with Crippen LogP contribution in [0.2, 0.25) is 5.28 Å². The molecule has 0 bridgehead atoms. The quantitative estimate of drug-likeness (QED) is 0.307. The number of benzene rings is 3. The lowest BCUT2D eigenvalue weighted by Gasteiger charge is -2.17. The summed E-state index contributed by atoms with van der Waals surface area (Å²) in [4.78, 5) is 4.80. The van der Waals surface area contributed by atoms with Crippen molar-refractivity contribution in [1.29, 1.82) is 0 Å². The van der Waals surface area contributed by atoms with Crippen molar-refractivity contribution in [3.8, 4) is 22.4 Å². The maximum absolute atomic E-state index is 12.9. The summed E-state index contributed by atoms with van der Waals surface area (Å²) in [7, 11) is -2.04. The van der Waals surface area contributed by atoms with Crippen molar-refractivity contribution in [2.75, 3.05) is 25.5 Å². The number of aromatic nitrogens is 4. The van der Waals surface area contributed by atoms with Crippen LogP contribution in [0.25, 0.3) is 39.1 Å². The molecular formula is C24H21ClN6O3S. The van der Waals surface area contributed by atoms with Crippen molar-refractivity contribution in [1.82, 2.24) is 24.3 Å². The molecule has 2 aromatic heterocycles. The molecular weight excluding hydrogens is 488 g/mol. The number of aliphatic hydroxyl groups is 1. The molecule has 2 heterocycles. The fraction of sp³-hybridized carbons (Fsp3) is 0.125. The Labute approximate surface area is 206 Å². The number of hydrogen-bond donors (Lipinski definition) is 3. The molecule has 0 radical (unpaired) electrons. The van der Waals surface area contributed by atoms with Gasteiger partial charge in [-0.25, -0.2) is 22.5 Å². The minimum Gasteiger partial charge on any atom is -0.395 e. The third-order valence-electron chi connectivity index (χ3n) is 5.67. The normalized spacial score (nSPS) is 11.9. The molecule has 3 aromatic carbocycles. The first kappa shape index (κ1) is 23.2. The summed E-state index contributed by atoms with van der Waals surface area (Å²) in [6.07, 6.45) is 0. The zero-order chi connectivity index (χ0) is 24.6. The largest absolute Gasteiger partial charge is 0.395 e. The van der Waals surface area contributed by atoms with E-state index in [1.165, 1.54) is 0 Å². The van der Waals surface area contributed by atoms with E-state index in [2.05, 4.69) is 20.2 Å². The molecule has 0 saturated heterocycles. The van der Waals surface area contributed by atoms with E-state index in [9.17, 15) is 8.42 Å². The van der Waals surface area contributed by atoms with Gasteiger partial charge in [0.25, 0.3) is 5.78 Å². The van der Waals surface area contributed by atoms with Crippen LogP contribution >= 0.6 is 11.6 Å². The van der Waals surface area contributed by atoms with Crippen LogP contribution in [0, 0.1) is 0 Å². The Morgan fingerprint density at radius 1 is 0.971 bits per heavy atom. The number of anilines is 1. The van der Waals surface area contributed by atoms with Gasteiger partial charge in [0.05, 0.1) is 22.7 Å². The van der Waals surface area contributed by atoms with E-state index < -0.39 is 10.0 Å². The van der Waals surface area contributed by atoms with Gasteiger partial charge in [-0.3, -0.25) is 0 Å². The van der Waals surface area contributed by atoms with Gasteiger partial charge in [0.1, 0.15) is 0 Å². The number of nitrogens with one attached hydrogen (secondary N) is 2. The second kappa shape index (κ2) is 9.23. The first-order valence-electron chi connectivity index (χ1n) is 10.8. The van der Waals surface area contributed by atoms with Gasteiger partial charge >= 0.3 is 0 Å². The highest BCUT2D eigenvalue weighted by Crippen LogP contribution is 2.39. The lowest BCUT2D eigenvalue weighted by atomic mass is 9.94. The molecule has 35 heavy (non-hydrogen) atoms. The molecule has 0 atom stereocenters. The van der Waals surface area contributed by atoms with Crippen LogP contribution in [0.15, 0.2) is 71.6 Å². The Morgan fingerprint density at radius 2 is 1.74 bits per heavy atom. The summed E-state index contributed by atoms with van der Waals surface area (Å²) in [5, 5.41) is 21.3. The monoisotopic (exact) mass is 508 g/mol. The zero-order valence-corrected chi connectivity index (χ0v) is 20.2. The third-order valence-corrected chi connectivity index (χ3v) is 7.37. The highest BCUT2D eigenvalue weighted by molar-refractivity contribution is 7.89. The standard InChI is InChI=1S/C24H21ClN6O3S/c1-26-20-8-4-2-6-17(20)16-11-10-15(35(33,34)27-12-13-32)14-19(16)22-18-7-3-5-9-21(18)31-23(25)29-30-24(31)28-22/h2-11,14,26-27,32H,12-13H2,1H3. The molecule has 11 heteroatoms. The Balaban J connectivity index is 1.86. The van der Waals surface area contributed by atoms with Crippen LogP contribution in [0.5, 0.6) is 0 Å². The third kappa shape index (κ3) is 4.10. The lowest BCUT2D eigenvalue weighted by Crippen LogP contribution is -2.26. The van der Waals surface area contributed by atoms with Gasteiger partial charge in [0.2, 0.25) is 15.3 Å². The van der Waals surface area contributed by atoms with Crippen molar-refractivity contribution >= 4 is 44.0 Å². The van der Waals surface area contributed by atoms with Crippen LogP contribution in [0.4, 0.5) is 5.69 Å². The highest BCUT2D eigenvalue weighted by Gasteiger charge is 2.22. The summed E-state index contributed by atoms with van der Waals surface area (Å²) in [5.74, 6) is 0.295. The van der Waals surface area contributed by atoms with Gasteiger partial charge in [-0.2, -0.15) is 0 Å². The van der Waals surface area contributed by atoms with Gasteiger partial charge in [-0.15, -0.1) is 10.2 Å². The van der Waals surface area contributed by atoms with Gasteiger partial charge in [-0.05, 0) is 41.4 Å². The van der Waals surface area contributed by atoms with Crippen molar-refractivity contribution in [2.24, 2.45) is 0 Å². The number of aliphatic hydroxyl groups excluding tert-OH is 1. The molecule has 5 rings (SSSR count). The first-order valence-corrected chi connectivity index (χ1v) is 12.6. The first-order chi connectivity index (χ1) is 16.9. The maximum Gasteiger partial charge on any atom is 0.257 e. The predicted octanol–water partition coefficient (Wildman–Crippen LogP) is 3.58. The molecule has 5 aromatic rings. The van der Waals surface area contributed by atoms with E-state index in [0.717, 1.165) is 27.7 Å². The van der Waals surface area contributed by atoms with Crippen LogP contribution in [-0.2, 0) is 10.0 Å². The number of para-hydroxylation sites is 2. The highest BCUT2D eigenvalue weighted by atomic mass is 35.5. The van der Waals surface area contributed by atoms with E-state index in [0.29, 0.717) is 17.0 Å². The number of fused-ring (bicyclic) bond motifs is 3. The topological polar surface area (TPSA) is 122 Å². The minimum atomic E-state index is -3.87. The molecule has 0 aliphatic carbocycles. The van der Waals surface area contributed by atoms with E-state index in [1.54, 1.807) is 22.6 Å². The summed E-state index contributed by atoms with van der Waals surface area (Å²) >= 11 is 6.28. The predicted molar refractivity (Wildman–Crippen MR) is 136 cm³/mol. The van der Waals surface area contributed by atoms with Crippen molar-refractivity contribution < 1.29 is 13.5 Å².